The van der Waals surface area contributed by atoms with Crippen LogP contribution in [0, 0.1) is 13.8 Å². The zero-order chi connectivity index (χ0) is 29.9. The summed E-state index contributed by atoms with van der Waals surface area (Å²) in [6.45, 7) is 3.27. The lowest BCUT2D eigenvalue weighted by Gasteiger charge is -2.25. The molecule has 0 atom stereocenters. The lowest BCUT2D eigenvalue weighted by Crippen LogP contribution is -2.25. The second kappa shape index (κ2) is 9.82. The van der Waals surface area contributed by atoms with Crippen LogP contribution in [0.25, 0.3) is 0 Å². The Morgan fingerprint density at radius 1 is 0.610 bits per heavy atom. The van der Waals surface area contributed by atoms with Crippen LogP contribution in [0.5, 0.6) is 0 Å². The van der Waals surface area contributed by atoms with Gasteiger partial charge in [0, 0.05) is 11.3 Å². The summed E-state index contributed by atoms with van der Waals surface area (Å²) >= 11 is 0. The van der Waals surface area contributed by atoms with Crippen molar-refractivity contribution < 1.29 is 35.5 Å². The second-order valence-corrected chi connectivity index (χ2v) is 12.3. The van der Waals surface area contributed by atoms with E-state index in [9.17, 15) is 35.5 Å². The molecule has 6 N–H and O–H groups in total. The molecule has 0 radical (unpaired) electrons. The van der Waals surface area contributed by atoms with Crippen molar-refractivity contribution in [3.8, 4) is 0 Å². The summed E-state index contributed by atoms with van der Waals surface area (Å²) in [7, 11) is -9.35. The van der Waals surface area contributed by atoms with Gasteiger partial charge in [0.1, 0.15) is 9.79 Å². The summed E-state index contributed by atoms with van der Waals surface area (Å²) in [4.78, 5) is 26.9. The number of carbonyl (C=O) groups is 2. The van der Waals surface area contributed by atoms with Crippen LogP contribution >= 0.6 is 0 Å². The highest BCUT2D eigenvalue weighted by atomic mass is 32.2. The average Bonchev–Trinajstić information content (AvgIpc) is 2.88. The van der Waals surface area contributed by atoms with Crippen LogP contribution in [-0.4, -0.2) is 37.5 Å². The second-order valence-electron chi connectivity index (χ2n) is 9.54. The number of benzene rings is 4. The zero-order valence-electron chi connectivity index (χ0n) is 21.6. The molecule has 5 rings (SSSR count). The summed E-state index contributed by atoms with van der Waals surface area (Å²) in [5.74, 6) is -1.24. The molecule has 13 heteroatoms. The highest BCUT2D eigenvalue weighted by molar-refractivity contribution is 7.86. The van der Waals surface area contributed by atoms with E-state index in [1.54, 1.807) is 26.0 Å². The third-order valence-electron chi connectivity index (χ3n) is 6.60. The van der Waals surface area contributed by atoms with Gasteiger partial charge in [-0.3, -0.25) is 18.7 Å². The molecule has 11 nitrogen and oxygen atoms in total. The van der Waals surface area contributed by atoms with Crippen molar-refractivity contribution in [3.63, 3.8) is 0 Å². The maximum atomic E-state index is 13.9. The van der Waals surface area contributed by atoms with Gasteiger partial charge in [0.15, 0.2) is 11.6 Å². The molecule has 1 aliphatic rings. The Bertz CT molecular complexity index is 2020. The molecule has 0 aliphatic heterocycles. The van der Waals surface area contributed by atoms with Crippen molar-refractivity contribution in [2.45, 2.75) is 23.6 Å². The van der Waals surface area contributed by atoms with Crippen LogP contribution in [0.4, 0.5) is 28.4 Å². The minimum absolute atomic E-state index is 0.0237. The number of aryl methyl sites for hydroxylation is 2. The standard InChI is InChI=1S/C28H23N3O8S2/c1-14-6-8-18(22(12-14)40(34,35)36)30-20-10-11-21(31-19-9-7-15(2)13-23(19)41(37,38)39)26-25(20)27(32)16-4-3-5-17(29)24(16)28(26)33/h3-13,30-31H,29H2,1-2H3,(H,34,35,36)(H,37,38,39). The van der Waals surface area contributed by atoms with E-state index in [1.165, 1.54) is 54.6 Å². The Morgan fingerprint density at radius 3 is 1.51 bits per heavy atom. The number of ketones is 2. The molecule has 0 bridgehead atoms. The largest absolute Gasteiger partial charge is 0.398 e. The topological polar surface area (TPSA) is 193 Å². The molecule has 0 aromatic heterocycles. The van der Waals surface area contributed by atoms with E-state index in [1.807, 2.05) is 0 Å². The quantitative estimate of drug-likeness (QED) is 0.136. The van der Waals surface area contributed by atoms with Gasteiger partial charge >= 0.3 is 0 Å². The van der Waals surface area contributed by atoms with E-state index in [-0.39, 0.29) is 50.7 Å². The first-order valence-corrected chi connectivity index (χ1v) is 14.9. The third kappa shape index (κ3) is 5.07. The SMILES string of the molecule is Cc1ccc(Nc2ccc(Nc3ccc(C)cc3S(=O)(=O)O)c3c2C(=O)c2cccc(N)c2C3=O)c(S(=O)(=O)O)c1. The summed E-state index contributed by atoms with van der Waals surface area (Å²) in [5.41, 5.74) is 6.88. The molecule has 0 spiro atoms. The minimum atomic E-state index is -4.68. The van der Waals surface area contributed by atoms with Crippen molar-refractivity contribution in [2.75, 3.05) is 16.4 Å². The van der Waals surface area contributed by atoms with Gasteiger partial charge in [-0.1, -0.05) is 24.3 Å². The minimum Gasteiger partial charge on any atom is -0.398 e. The van der Waals surface area contributed by atoms with Crippen LogP contribution in [0.2, 0.25) is 0 Å². The fourth-order valence-electron chi connectivity index (χ4n) is 4.74. The molecular formula is C28H23N3O8S2. The van der Waals surface area contributed by atoms with Crippen molar-refractivity contribution in [3.05, 3.63) is 100 Å². The maximum Gasteiger partial charge on any atom is 0.296 e. The predicted octanol–water partition coefficient (Wildman–Crippen LogP) is 4.64. The normalized spacial score (nSPS) is 13.0. The van der Waals surface area contributed by atoms with E-state index in [4.69, 9.17) is 5.73 Å². The Kier molecular flexibility index (Phi) is 6.70. The Hall–Kier alpha value is -4.56. The Morgan fingerprint density at radius 2 is 1.05 bits per heavy atom. The zero-order valence-corrected chi connectivity index (χ0v) is 23.2. The molecule has 0 unspecified atom stereocenters. The smallest absolute Gasteiger partial charge is 0.296 e. The van der Waals surface area contributed by atoms with Crippen molar-refractivity contribution in [1.82, 2.24) is 0 Å². The molecule has 210 valence electrons. The maximum absolute atomic E-state index is 13.9. The highest BCUT2D eigenvalue weighted by Crippen LogP contribution is 2.41. The van der Waals surface area contributed by atoms with E-state index in [0.717, 1.165) is 0 Å². The van der Waals surface area contributed by atoms with Crippen molar-refractivity contribution in [2.24, 2.45) is 0 Å². The number of anilines is 5. The number of rotatable bonds is 6. The fraction of sp³-hybridized carbons (Fsp3) is 0.0714. The highest BCUT2D eigenvalue weighted by Gasteiger charge is 2.36. The van der Waals surface area contributed by atoms with Crippen LogP contribution in [-0.2, 0) is 20.2 Å². The first kappa shape index (κ1) is 28.0. The number of hydrogen-bond donors (Lipinski definition) is 5. The number of fused-ring (bicyclic) bond motifs is 2. The Balaban J connectivity index is 1.75. The van der Waals surface area contributed by atoms with E-state index < -0.39 is 41.6 Å². The lowest BCUT2D eigenvalue weighted by molar-refractivity contribution is 0.0981. The predicted molar refractivity (Wildman–Crippen MR) is 153 cm³/mol. The molecule has 0 fully saturated rings. The van der Waals surface area contributed by atoms with E-state index >= 15 is 0 Å². The summed E-state index contributed by atoms with van der Waals surface area (Å²) < 4.78 is 68.0. The van der Waals surface area contributed by atoms with Crippen LogP contribution < -0.4 is 16.4 Å². The number of nitrogen functional groups attached to an aromatic ring is 1. The average molecular weight is 594 g/mol. The number of nitrogens with one attached hydrogen (secondary N) is 2. The molecular weight excluding hydrogens is 570 g/mol. The van der Waals surface area contributed by atoms with Gasteiger partial charge < -0.3 is 16.4 Å². The molecule has 4 aromatic rings. The van der Waals surface area contributed by atoms with Gasteiger partial charge in [-0.2, -0.15) is 16.8 Å². The summed E-state index contributed by atoms with van der Waals surface area (Å²) in [6, 6.07) is 15.7. The molecule has 0 heterocycles. The van der Waals surface area contributed by atoms with Crippen LogP contribution in [0.15, 0.2) is 76.5 Å². The molecule has 1 aliphatic carbocycles. The number of hydrogen-bond acceptors (Lipinski definition) is 9. The lowest BCUT2D eigenvalue weighted by atomic mass is 9.81. The monoisotopic (exact) mass is 593 g/mol. The first-order valence-electron chi connectivity index (χ1n) is 12.0. The summed E-state index contributed by atoms with van der Waals surface area (Å²) in [5, 5.41) is 5.71. The molecule has 0 saturated carbocycles. The molecule has 4 aromatic carbocycles. The number of carbonyl (C=O) groups excluding carboxylic acids is 2. The van der Waals surface area contributed by atoms with Gasteiger partial charge in [0.25, 0.3) is 20.2 Å². The molecule has 41 heavy (non-hydrogen) atoms. The first-order chi connectivity index (χ1) is 19.2. The molecule has 0 saturated heterocycles. The van der Waals surface area contributed by atoms with Crippen LogP contribution in [0.3, 0.4) is 0 Å². The van der Waals surface area contributed by atoms with Gasteiger partial charge in [0.2, 0.25) is 0 Å². The van der Waals surface area contributed by atoms with Gasteiger partial charge in [0.05, 0.1) is 39.4 Å². The third-order valence-corrected chi connectivity index (χ3v) is 8.38. The molecule has 0 amide bonds. The van der Waals surface area contributed by atoms with Gasteiger partial charge in [-0.15, -0.1) is 0 Å². The Labute approximate surface area is 235 Å². The van der Waals surface area contributed by atoms with E-state index in [2.05, 4.69) is 10.6 Å². The van der Waals surface area contributed by atoms with Crippen LogP contribution in [0.1, 0.15) is 43.0 Å². The van der Waals surface area contributed by atoms with Crippen molar-refractivity contribution >= 4 is 60.2 Å². The van der Waals surface area contributed by atoms with E-state index in [0.29, 0.717) is 11.1 Å². The summed E-state index contributed by atoms with van der Waals surface area (Å²) in [6.07, 6.45) is 0. The van der Waals surface area contributed by atoms with Gasteiger partial charge in [-0.25, -0.2) is 0 Å². The van der Waals surface area contributed by atoms with Gasteiger partial charge in [-0.05, 0) is 67.4 Å². The van der Waals surface area contributed by atoms with Crippen molar-refractivity contribution in [1.29, 1.82) is 0 Å². The fourth-order valence-corrected chi connectivity index (χ4v) is 6.20. The number of nitrogens with two attached hydrogens (primary N) is 1.